The lowest BCUT2D eigenvalue weighted by molar-refractivity contribution is 0.317. The zero-order valence-electron chi connectivity index (χ0n) is 17.5. The Labute approximate surface area is 181 Å². The summed E-state index contributed by atoms with van der Waals surface area (Å²) in [5, 5.41) is 7.59. The zero-order valence-corrected chi connectivity index (χ0v) is 18.3. The maximum Gasteiger partial charge on any atom is 0.224 e. The molecule has 8 heteroatoms. The van der Waals surface area contributed by atoms with Crippen LogP contribution in [0.5, 0.6) is 17.4 Å². The number of hydrogen-bond acceptors (Lipinski definition) is 6. The van der Waals surface area contributed by atoms with Crippen molar-refractivity contribution in [1.29, 1.82) is 0 Å². The van der Waals surface area contributed by atoms with Gasteiger partial charge in [0.15, 0.2) is 5.96 Å². The second kappa shape index (κ2) is 11.2. The van der Waals surface area contributed by atoms with Crippen LogP contribution < -0.4 is 20.1 Å². The van der Waals surface area contributed by atoms with Gasteiger partial charge in [-0.25, -0.2) is 9.97 Å². The summed E-state index contributed by atoms with van der Waals surface area (Å²) in [6.45, 7) is 5.98. The zero-order chi connectivity index (χ0) is 21.2. The lowest BCUT2D eigenvalue weighted by Crippen LogP contribution is -2.36. The topological polar surface area (TPSA) is 80.7 Å². The lowest BCUT2D eigenvalue weighted by atomic mass is 10.2. The largest absolute Gasteiger partial charge is 0.494 e. The number of rotatable bonds is 9. The van der Waals surface area contributed by atoms with E-state index in [1.54, 1.807) is 24.6 Å². The van der Waals surface area contributed by atoms with E-state index in [0.29, 0.717) is 37.3 Å². The summed E-state index contributed by atoms with van der Waals surface area (Å²) in [7, 11) is 1.74. The van der Waals surface area contributed by atoms with Gasteiger partial charge >= 0.3 is 0 Å². The van der Waals surface area contributed by atoms with Crippen molar-refractivity contribution in [1.82, 2.24) is 20.6 Å². The molecule has 1 aromatic carbocycles. The van der Waals surface area contributed by atoms with Gasteiger partial charge in [0.2, 0.25) is 5.88 Å². The SMILES string of the molecule is CCCOc1ccc(Oc2ncccc2CNC(=NC)NCc2ncc(C)s2)cc1. The Morgan fingerprint density at radius 1 is 1.07 bits per heavy atom. The predicted octanol–water partition coefficient (Wildman–Crippen LogP) is 4.29. The van der Waals surface area contributed by atoms with Gasteiger partial charge in [-0.3, -0.25) is 4.99 Å². The molecule has 2 aromatic heterocycles. The molecule has 0 spiro atoms. The summed E-state index contributed by atoms with van der Waals surface area (Å²) in [4.78, 5) is 14.2. The van der Waals surface area contributed by atoms with E-state index >= 15 is 0 Å². The summed E-state index contributed by atoms with van der Waals surface area (Å²) >= 11 is 1.67. The van der Waals surface area contributed by atoms with Gasteiger partial charge in [0.1, 0.15) is 16.5 Å². The number of guanidine groups is 1. The maximum atomic E-state index is 5.99. The lowest BCUT2D eigenvalue weighted by Gasteiger charge is -2.14. The number of aliphatic imine (C=N–C) groups is 1. The quantitative estimate of drug-likeness (QED) is 0.393. The van der Waals surface area contributed by atoms with E-state index in [2.05, 4.69) is 32.5 Å². The molecule has 0 fully saturated rings. The van der Waals surface area contributed by atoms with Crippen LogP contribution in [0.25, 0.3) is 0 Å². The average molecular weight is 426 g/mol. The van der Waals surface area contributed by atoms with Crippen LogP contribution in [0.3, 0.4) is 0 Å². The minimum Gasteiger partial charge on any atom is -0.494 e. The number of benzene rings is 1. The smallest absolute Gasteiger partial charge is 0.224 e. The van der Waals surface area contributed by atoms with Crippen molar-refractivity contribution < 1.29 is 9.47 Å². The number of aryl methyl sites for hydroxylation is 1. The number of ether oxygens (including phenoxy) is 2. The van der Waals surface area contributed by atoms with Crippen LogP contribution in [0.4, 0.5) is 0 Å². The average Bonchev–Trinajstić information content (AvgIpc) is 3.19. The van der Waals surface area contributed by atoms with E-state index in [1.807, 2.05) is 49.5 Å². The highest BCUT2D eigenvalue weighted by Gasteiger charge is 2.08. The van der Waals surface area contributed by atoms with Gasteiger partial charge in [-0.2, -0.15) is 0 Å². The molecule has 0 aliphatic carbocycles. The molecule has 30 heavy (non-hydrogen) atoms. The van der Waals surface area contributed by atoms with Crippen LogP contribution in [-0.2, 0) is 13.1 Å². The summed E-state index contributed by atoms with van der Waals surface area (Å²) in [5.41, 5.74) is 0.928. The van der Waals surface area contributed by atoms with Gasteiger partial charge in [0.25, 0.3) is 0 Å². The second-order valence-corrected chi connectivity index (χ2v) is 7.85. The molecule has 0 radical (unpaired) electrons. The fraction of sp³-hybridized carbons (Fsp3) is 0.318. The van der Waals surface area contributed by atoms with Gasteiger partial charge in [0, 0.05) is 36.4 Å². The summed E-state index contributed by atoms with van der Waals surface area (Å²) in [6, 6.07) is 11.4. The number of pyridine rings is 1. The molecule has 0 atom stereocenters. The van der Waals surface area contributed by atoms with Crippen LogP contribution in [0, 0.1) is 6.92 Å². The highest BCUT2D eigenvalue weighted by molar-refractivity contribution is 7.11. The minimum atomic E-state index is 0.525. The Balaban J connectivity index is 1.57. The number of thiazole rings is 1. The van der Waals surface area contributed by atoms with Crippen LogP contribution in [0.15, 0.2) is 53.8 Å². The molecule has 0 saturated carbocycles. The monoisotopic (exact) mass is 425 g/mol. The van der Waals surface area contributed by atoms with Crippen molar-refractivity contribution in [3.05, 3.63) is 64.2 Å². The number of nitrogens with zero attached hydrogens (tertiary/aromatic N) is 3. The highest BCUT2D eigenvalue weighted by atomic mass is 32.1. The Morgan fingerprint density at radius 2 is 1.83 bits per heavy atom. The molecule has 3 rings (SSSR count). The fourth-order valence-electron chi connectivity index (χ4n) is 2.63. The third-order valence-electron chi connectivity index (χ3n) is 4.11. The van der Waals surface area contributed by atoms with Crippen LogP contribution in [-0.4, -0.2) is 29.6 Å². The molecule has 0 unspecified atom stereocenters. The van der Waals surface area contributed by atoms with Gasteiger partial charge in [-0.1, -0.05) is 13.0 Å². The first-order chi connectivity index (χ1) is 14.7. The molecule has 0 amide bonds. The molecule has 7 nitrogen and oxygen atoms in total. The Kier molecular flexibility index (Phi) is 8.02. The van der Waals surface area contributed by atoms with E-state index in [4.69, 9.17) is 9.47 Å². The van der Waals surface area contributed by atoms with E-state index in [-0.39, 0.29) is 0 Å². The molecule has 3 aromatic rings. The second-order valence-electron chi connectivity index (χ2n) is 6.53. The number of nitrogens with one attached hydrogen (secondary N) is 2. The molecule has 2 heterocycles. The summed E-state index contributed by atoms with van der Waals surface area (Å²) < 4.78 is 11.6. The van der Waals surface area contributed by atoms with Crippen LogP contribution in [0.1, 0.15) is 28.8 Å². The van der Waals surface area contributed by atoms with Gasteiger partial charge in [0.05, 0.1) is 13.2 Å². The third kappa shape index (κ3) is 6.45. The molecule has 0 saturated heterocycles. The highest BCUT2D eigenvalue weighted by Crippen LogP contribution is 2.25. The molecular weight excluding hydrogens is 398 g/mol. The van der Waals surface area contributed by atoms with Crippen molar-refractivity contribution >= 4 is 17.3 Å². The Hall–Kier alpha value is -3.13. The van der Waals surface area contributed by atoms with Crippen molar-refractivity contribution in [3.63, 3.8) is 0 Å². The van der Waals surface area contributed by atoms with Gasteiger partial charge in [-0.05, 0) is 43.7 Å². The van der Waals surface area contributed by atoms with Gasteiger partial charge < -0.3 is 20.1 Å². The van der Waals surface area contributed by atoms with Crippen molar-refractivity contribution in [2.75, 3.05) is 13.7 Å². The van der Waals surface area contributed by atoms with E-state index in [1.165, 1.54) is 4.88 Å². The van der Waals surface area contributed by atoms with E-state index in [0.717, 1.165) is 22.7 Å². The van der Waals surface area contributed by atoms with Crippen LogP contribution >= 0.6 is 11.3 Å². The molecule has 2 N–H and O–H groups in total. The van der Waals surface area contributed by atoms with Crippen molar-refractivity contribution in [3.8, 4) is 17.4 Å². The van der Waals surface area contributed by atoms with Gasteiger partial charge in [-0.15, -0.1) is 11.3 Å². The standard InChI is InChI=1S/C22H27N5O2S/c1-4-12-28-18-7-9-19(10-8-18)29-21-17(6-5-11-24-21)14-26-22(23-3)27-15-20-25-13-16(2)30-20/h5-11,13H,4,12,14-15H2,1-3H3,(H2,23,26,27). The van der Waals surface area contributed by atoms with E-state index in [9.17, 15) is 0 Å². The normalized spacial score (nSPS) is 11.2. The van der Waals surface area contributed by atoms with Crippen molar-refractivity contribution in [2.45, 2.75) is 33.4 Å². The molecule has 0 aliphatic heterocycles. The van der Waals surface area contributed by atoms with Crippen molar-refractivity contribution in [2.24, 2.45) is 4.99 Å². The molecule has 158 valence electrons. The third-order valence-corrected chi connectivity index (χ3v) is 5.02. The van der Waals surface area contributed by atoms with Crippen LogP contribution in [0.2, 0.25) is 0 Å². The number of aromatic nitrogens is 2. The Morgan fingerprint density at radius 3 is 2.53 bits per heavy atom. The first-order valence-electron chi connectivity index (χ1n) is 9.88. The fourth-order valence-corrected chi connectivity index (χ4v) is 3.35. The first kappa shape index (κ1) is 21.6. The minimum absolute atomic E-state index is 0.525. The maximum absolute atomic E-state index is 5.99. The summed E-state index contributed by atoms with van der Waals surface area (Å²) in [6.07, 6.45) is 4.57. The first-order valence-corrected chi connectivity index (χ1v) is 10.7. The summed E-state index contributed by atoms with van der Waals surface area (Å²) in [5.74, 6) is 2.78. The number of hydrogen-bond donors (Lipinski definition) is 2. The molecule has 0 aliphatic rings. The Bertz CT molecular complexity index is 956. The molecular formula is C22H27N5O2S. The van der Waals surface area contributed by atoms with E-state index < -0.39 is 0 Å². The molecule has 0 bridgehead atoms. The predicted molar refractivity (Wildman–Crippen MR) is 120 cm³/mol.